The Morgan fingerprint density at radius 3 is 2.75 bits per heavy atom. The van der Waals surface area contributed by atoms with Crippen LogP contribution in [0.15, 0.2) is 23.2 Å². The van der Waals surface area contributed by atoms with Crippen LogP contribution in [-0.2, 0) is 7.05 Å². The number of nitrogens with one attached hydrogen (secondary N) is 1. The van der Waals surface area contributed by atoms with Crippen LogP contribution in [0.5, 0.6) is 5.88 Å². The molecule has 2 aromatic rings. The second kappa shape index (κ2) is 7.16. The Bertz CT molecular complexity index is 727. The number of amides is 1. The molecule has 8 nitrogen and oxygen atoms in total. The van der Waals surface area contributed by atoms with Gasteiger partial charge in [0.2, 0.25) is 11.8 Å². The summed E-state index contributed by atoms with van der Waals surface area (Å²) in [5, 5.41) is 3.07. The van der Waals surface area contributed by atoms with E-state index in [9.17, 15) is 4.79 Å². The molecule has 0 spiro atoms. The summed E-state index contributed by atoms with van der Waals surface area (Å²) in [5.41, 5.74) is 0.568. The number of nitrogens with zero attached hydrogens (tertiary/aromatic N) is 5. The van der Waals surface area contributed by atoms with E-state index >= 15 is 0 Å². The first kappa shape index (κ1) is 16.7. The molecule has 9 heteroatoms. The topological polar surface area (TPSA) is 85.2 Å². The molecule has 0 atom stereocenters. The van der Waals surface area contributed by atoms with Crippen LogP contribution < -0.4 is 15.0 Å². The minimum absolute atomic E-state index is 0.0880. The molecule has 1 N–H and O–H groups in total. The SMILES string of the molecule is COc1nc(N2CCC(NC(=O)c3cncn3C)CC2)ncc1Br. The Morgan fingerprint density at radius 1 is 1.38 bits per heavy atom. The lowest BCUT2D eigenvalue weighted by molar-refractivity contribution is 0.0923. The zero-order valence-electron chi connectivity index (χ0n) is 13.6. The van der Waals surface area contributed by atoms with Gasteiger partial charge in [-0.25, -0.2) is 9.97 Å². The van der Waals surface area contributed by atoms with Gasteiger partial charge in [0.15, 0.2) is 0 Å². The van der Waals surface area contributed by atoms with Crippen molar-refractivity contribution in [2.24, 2.45) is 7.05 Å². The highest BCUT2D eigenvalue weighted by atomic mass is 79.9. The average molecular weight is 395 g/mol. The van der Waals surface area contributed by atoms with Gasteiger partial charge < -0.3 is 19.5 Å². The lowest BCUT2D eigenvalue weighted by Gasteiger charge is -2.32. The molecule has 24 heavy (non-hydrogen) atoms. The number of methoxy groups -OCH3 is 1. The molecule has 1 amide bonds. The van der Waals surface area contributed by atoms with Crippen LogP contribution >= 0.6 is 15.9 Å². The van der Waals surface area contributed by atoms with Gasteiger partial charge in [0.05, 0.1) is 30.3 Å². The molecule has 0 aliphatic carbocycles. The van der Waals surface area contributed by atoms with Crippen LogP contribution in [0.3, 0.4) is 0 Å². The van der Waals surface area contributed by atoms with Gasteiger partial charge in [0.1, 0.15) is 5.69 Å². The van der Waals surface area contributed by atoms with E-state index < -0.39 is 0 Å². The number of hydrogen-bond acceptors (Lipinski definition) is 6. The predicted octanol–water partition coefficient (Wildman–Crippen LogP) is 1.38. The van der Waals surface area contributed by atoms with Crippen molar-refractivity contribution in [3.63, 3.8) is 0 Å². The van der Waals surface area contributed by atoms with E-state index in [0.29, 0.717) is 17.5 Å². The van der Waals surface area contributed by atoms with Crippen molar-refractivity contribution in [1.82, 2.24) is 24.8 Å². The first-order chi connectivity index (χ1) is 11.6. The molecule has 3 heterocycles. The number of anilines is 1. The third-order valence-corrected chi connectivity index (χ3v) is 4.60. The summed E-state index contributed by atoms with van der Waals surface area (Å²) < 4.78 is 7.66. The Balaban J connectivity index is 1.58. The lowest BCUT2D eigenvalue weighted by Crippen LogP contribution is -2.45. The maximum Gasteiger partial charge on any atom is 0.269 e. The smallest absolute Gasteiger partial charge is 0.269 e. The number of aromatic nitrogens is 4. The Morgan fingerprint density at radius 2 is 2.12 bits per heavy atom. The molecule has 2 aromatic heterocycles. The van der Waals surface area contributed by atoms with E-state index in [0.717, 1.165) is 30.4 Å². The minimum atomic E-state index is -0.0880. The van der Waals surface area contributed by atoms with Gasteiger partial charge in [0.25, 0.3) is 5.91 Å². The molecule has 0 unspecified atom stereocenters. The van der Waals surface area contributed by atoms with Crippen LogP contribution in [0, 0.1) is 0 Å². The van der Waals surface area contributed by atoms with E-state index in [2.05, 4.69) is 41.1 Å². The normalized spacial score (nSPS) is 15.4. The largest absolute Gasteiger partial charge is 0.480 e. The number of halogens is 1. The van der Waals surface area contributed by atoms with Crippen molar-refractivity contribution >= 4 is 27.8 Å². The van der Waals surface area contributed by atoms with E-state index in [1.807, 2.05) is 7.05 Å². The molecule has 1 aliphatic heterocycles. The molecule has 3 rings (SSSR count). The van der Waals surface area contributed by atoms with E-state index in [4.69, 9.17) is 4.74 Å². The van der Waals surface area contributed by atoms with Crippen molar-refractivity contribution in [2.75, 3.05) is 25.1 Å². The summed E-state index contributed by atoms with van der Waals surface area (Å²) >= 11 is 3.35. The molecule has 0 aromatic carbocycles. The van der Waals surface area contributed by atoms with Crippen molar-refractivity contribution < 1.29 is 9.53 Å². The summed E-state index contributed by atoms with van der Waals surface area (Å²) in [7, 11) is 3.39. The van der Waals surface area contributed by atoms with Crippen LogP contribution in [0.1, 0.15) is 23.3 Å². The Kier molecular flexibility index (Phi) is 4.98. The first-order valence-electron chi connectivity index (χ1n) is 7.67. The van der Waals surface area contributed by atoms with Crippen molar-refractivity contribution in [3.05, 3.63) is 28.9 Å². The second-order valence-electron chi connectivity index (χ2n) is 5.65. The zero-order valence-corrected chi connectivity index (χ0v) is 15.2. The van der Waals surface area contributed by atoms with Gasteiger partial charge in [0, 0.05) is 26.2 Å². The highest BCUT2D eigenvalue weighted by Gasteiger charge is 2.24. The average Bonchev–Trinajstić information content (AvgIpc) is 3.02. The van der Waals surface area contributed by atoms with Gasteiger partial charge in [-0.15, -0.1) is 0 Å². The minimum Gasteiger partial charge on any atom is -0.480 e. The highest BCUT2D eigenvalue weighted by molar-refractivity contribution is 9.10. The predicted molar refractivity (Wildman–Crippen MR) is 92.2 cm³/mol. The fourth-order valence-corrected chi connectivity index (χ4v) is 3.05. The van der Waals surface area contributed by atoms with Gasteiger partial charge in [-0.2, -0.15) is 4.98 Å². The Labute approximate surface area is 148 Å². The molecule has 128 valence electrons. The molecule has 0 radical (unpaired) electrons. The monoisotopic (exact) mass is 394 g/mol. The number of carbonyl (C=O) groups excluding carboxylic acids is 1. The molecular formula is C15H19BrN6O2. The molecule has 0 bridgehead atoms. The van der Waals surface area contributed by atoms with Crippen molar-refractivity contribution in [3.8, 4) is 5.88 Å². The van der Waals surface area contributed by atoms with Gasteiger partial charge in [-0.05, 0) is 28.8 Å². The van der Waals surface area contributed by atoms with E-state index in [-0.39, 0.29) is 11.9 Å². The van der Waals surface area contributed by atoms with Crippen LogP contribution in [-0.4, -0.2) is 51.7 Å². The molecule has 1 fully saturated rings. The lowest BCUT2D eigenvalue weighted by atomic mass is 10.1. The summed E-state index contributed by atoms with van der Waals surface area (Å²) in [6.45, 7) is 1.56. The highest BCUT2D eigenvalue weighted by Crippen LogP contribution is 2.25. The van der Waals surface area contributed by atoms with Gasteiger partial charge in [-0.1, -0.05) is 0 Å². The maximum atomic E-state index is 12.2. The molecular weight excluding hydrogens is 376 g/mol. The number of hydrogen-bond donors (Lipinski definition) is 1. The van der Waals surface area contributed by atoms with Gasteiger partial charge in [-0.3, -0.25) is 4.79 Å². The van der Waals surface area contributed by atoms with Crippen LogP contribution in [0.4, 0.5) is 5.95 Å². The first-order valence-corrected chi connectivity index (χ1v) is 8.46. The third-order valence-electron chi connectivity index (χ3n) is 4.05. The van der Waals surface area contributed by atoms with Crippen molar-refractivity contribution in [2.45, 2.75) is 18.9 Å². The number of imidazole rings is 1. The summed E-state index contributed by atoms with van der Waals surface area (Å²) in [5.74, 6) is 1.08. The number of carbonyl (C=O) groups is 1. The van der Waals surface area contributed by atoms with Crippen molar-refractivity contribution in [1.29, 1.82) is 0 Å². The van der Waals surface area contributed by atoms with Crippen LogP contribution in [0.2, 0.25) is 0 Å². The molecule has 0 saturated carbocycles. The fraction of sp³-hybridized carbons (Fsp3) is 0.467. The Hall–Kier alpha value is -2.16. The molecule has 1 aliphatic rings. The number of piperidine rings is 1. The summed E-state index contributed by atoms with van der Waals surface area (Å²) in [6, 6.07) is 0.140. The number of aryl methyl sites for hydroxylation is 1. The van der Waals surface area contributed by atoms with Crippen LogP contribution in [0.25, 0.3) is 0 Å². The van der Waals surface area contributed by atoms with Gasteiger partial charge >= 0.3 is 0 Å². The quantitative estimate of drug-likeness (QED) is 0.842. The van der Waals surface area contributed by atoms with E-state index in [1.54, 1.807) is 30.4 Å². The molecule has 1 saturated heterocycles. The van der Waals surface area contributed by atoms with E-state index in [1.165, 1.54) is 0 Å². The second-order valence-corrected chi connectivity index (χ2v) is 6.51. The third kappa shape index (κ3) is 3.50. The summed E-state index contributed by atoms with van der Waals surface area (Å²) in [4.78, 5) is 27.0. The number of rotatable bonds is 4. The number of ether oxygens (including phenoxy) is 1. The fourth-order valence-electron chi connectivity index (χ4n) is 2.70. The summed E-state index contributed by atoms with van der Waals surface area (Å²) in [6.07, 6.45) is 6.57. The standard InChI is InChI=1S/C15H19BrN6O2/c1-21-9-17-8-12(21)13(23)19-10-3-5-22(6-4-10)15-18-7-11(16)14(20-15)24-2/h7-10H,3-6H2,1-2H3,(H,19,23). The zero-order chi connectivity index (χ0) is 17.1. The maximum absolute atomic E-state index is 12.2.